The second-order valence-corrected chi connectivity index (χ2v) is 1.84. The fraction of sp³-hybridized carbons (Fsp3) is 0. The van der Waals surface area contributed by atoms with Crippen LogP contribution >= 0.6 is 0 Å². The molecule has 0 atom stereocenters. The Kier molecular flexibility index (Phi) is 63.0. The average molecular weight is 183 g/mol. The topological polar surface area (TPSA) is 9.23 Å². The van der Waals surface area contributed by atoms with Gasteiger partial charge in [-0.3, -0.25) is 0 Å². The van der Waals surface area contributed by atoms with Gasteiger partial charge in [0, 0.05) is 0 Å². The maximum Gasteiger partial charge on any atom is 0.157 e. The molecule has 0 amide bonds. The molecular formula is H10GeOSi3. The van der Waals surface area contributed by atoms with Gasteiger partial charge in [-0.15, -0.1) is 0 Å². The Bertz CT molecular complexity index is 6.85. The van der Waals surface area contributed by atoms with E-state index in [1.54, 1.807) is 0 Å². The van der Waals surface area contributed by atoms with Crippen molar-refractivity contribution in [2.45, 2.75) is 0 Å². The average Bonchev–Trinajstić information content (AvgIpc) is 0.918. The predicted molar refractivity (Wildman–Crippen MR) is 38.1 cm³/mol. The monoisotopic (exact) mass is 184 g/mol. The molecule has 0 N–H and O–H groups in total. The van der Waals surface area contributed by atoms with Crippen molar-refractivity contribution in [1.29, 1.82) is 0 Å². The van der Waals surface area contributed by atoms with Crippen molar-refractivity contribution < 1.29 is 4.12 Å². The molecule has 0 heterocycles. The molecular weight excluding hydrogens is 173 g/mol. The Morgan fingerprint density at radius 1 is 1.20 bits per heavy atom. The molecule has 0 rings (SSSR count). The minimum atomic E-state index is 0. The standard InChI is InChI=1S/GeH2.H4OSi2.H4Si/c;2-1-3;/h1H2;2-3H2;1H4. The summed E-state index contributed by atoms with van der Waals surface area (Å²) in [6, 6.07) is 0. The van der Waals surface area contributed by atoms with E-state index in [-0.39, 0.29) is 28.6 Å². The first kappa shape index (κ1) is 16.4. The van der Waals surface area contributed by atoms with Crippen LogP contribution in [-0.4, -0.2) is 49.5 Å². The van der Waals surface area contributed by atoms with Crippen LogP contribution in [0, 0.1) is 0 Å². The van der Waals surface area contributed by atoms with Gasteiger partial charge in [0.2, 0.25) is 0 Å². The quantitative estimate of drug-likeness (QED) is 0.345. The van der Waals surface area contributed by atoms with Crippen molar-refractivity contribution in [3.63, 3.8) is 0 Å². The van der Waals surface area contributed by atoms with Crippen molar-refractivity contribution in [3.05, 3.63) is 0 Å². The van der Waals surface area contributed by atoms with E-state index in [1.807, 2.05) is 0 Å². The summed E-state index contributed by atoms with van der Waals surface area (Å²) in [6.45, 7) is 0. The summed E-state index contributed by atoms with van der Waals surface area (Å²) in [4.78, 5) is 0. The van der Waals surface area contributed by atoms with E-state index in [1.165, 1.54) is 21.0 Å². The maximum atomic E-state index is 4.31. The molecule has 0 saturated heterocycles. The van der Waals surface area contributed by atoms with E-state index >= 15 is 0 Å². The molecule has 0 fully saturated rings. The van der Waals surface area contributed by atoms with Gasteiger partial charge in [-0.1, -0.05) is 0 Å². The predicted octanol–water partition coefficient (Wildman–Crippen LogP) is -4.27. The Labute approximate surface area is 53.9 Å². The number of hydrogen-bond acceptors (Lipinski definition) is 1. The van der Waals surface area contributed by atoms with Gasteiger partial charge in [0.15, 0.2) is 21.0 Å². The van der Waals surface area contributed by atoms with Crippen LogP contribution < -0.4 is 0 Å². The second kappa shape index (κ2) is 19.2. The fourth-order valence-electron chi connectivity index (χ4n) is 0. The van der Waals surface area contributed by atoms with Gasteiger partial charge in [-0.2, -0.15) is 0 Å². The number of rotatable bonds is 0. The zero-order chi connectivity index (χ0) is 2.71. The fourth-order valence-corrected chi connectivity index (χ4v) is 0. The third kappa shape index (κ3) is 38.5. The smallest absolute Gasteiger partial charge is 0.157 e. The van der Waals surface area contributed by atoms with Crippen LogP contribution in [0.2, 0.25) is 0 Å². The van der Waals surface area contributed by atoms with E-state index in [4.69, 9.17) is 0 Å². The first-order chi connectivity index (χ1) is 1.41. The molecule has 0 bridgehead atoms. The van der Waals surface area contributed by atoms with Crippen LogP contribution in [0.1, 0.15) is 0 Å². The SMILES string of the molecule is [GeH2].[SiH2]O[SiH2].[SiH4]. The molecule has 32 valence electrons. The largest absolute Gasteiger partial charge is 0.466 e. The Morgan fingerprint density at radius 3 is 1.20 bits per heavy atom. The van der Waals surface area contributed by atoms with E-state index in [0.717, 1.165) is 0 Å². The minimum Gasteiger partial charge on any atom is -0.466 e. The Balaban J connectivity index is -0.0000000200. The molecule has 5 heteroatoms. The summed E-state index contributed by atoms with van der Waals surface area (Å²) < 4.78 is 4.31. The van der Waals surface area contributed by atoms with Gasteiger partial charge in [0.05, 0.1) is 0 Å². The first-order valence-corrected chi connectivity index (χ1v) is 1.73. The molecule has 0 unspecified atom stereocenters. The van der Waals surface area contributed by atoms with E-state index in [2.05, 4.69) is 4.12 Å². The molecule has 0 aromatic rings. The van der Waals surface area contributed by atoms with Crippen LogP contribution in [0.15, 0.2) is 0 Å². The summed E-state index contributed by atoms with van der Waals surface area (Å²) in [5.41, 5.74) is 0. The Hall–Kier alpha value is 1.15. The molecule has 0 aromatic carbocycles. The molecule has 0 spiro atoms. The minimum absolute atomic E-state index is 0. The van der Waals surface area contributed by atoms with Crippen molar-refractivity contribution in [2.24, 2.45) is 0 Å². The molecule has 0 aliphatic rings. The van der Waals surface area contributed by atoms with E-state index in [0.29, 0.717) is 0 Å². The third-order valence-electron chi connectivity index (χ3n) is 0. The second-order valence-electron chi connectivity index (χ2n) is 0.204. The van der Waals surface area contributed by atoms with Crippen molar-refractivity contribution in [2.75, 3.05) is 0 Å². The molecule has 0 aliphatic heterocycles. The normalized spacial score (nSPS) is 3.60. The molecule has 0 saturated carbocycles. The van der Waals surface area contributed by atoms with Gasteiger partial charge < -0.3 is 4.12 Å². The van der Waals surface area contributed by atoms with Crippen LogP contribution in [0.3, 0.4) is 0 Å². The van der Waals surface area contributed by atoms with Crippen molar-refractivity contribution >= 4 is 49.5 Å². The summed E-state index contributed by atoms with van der Waals surface area (Å²) in [5.74, 6) is 0. The first-order valence-electron chi connectivity index (χ1n) is 0.577. The summed E-state index contributed by atoms with van der Waals surface area (Å²) in [7, 11) is 2.97. The van der Waals surface area contributed by atoms with Gasteiger partial charge in [-0.05, 0) is 11.0 Å². The summed E-state index contributed by atoms with van der Waals surface area (Å²) in [5, 5.41) is 0. The molecule has 4 radical (unpaired) electrons. The van der Waals surface area contributed by atoms with Crippen LogP contribution in [-0.2, 0) is 4.12 Å². The zero-order valence-corrected chi connectivity index (χ0v) is 8.33. The molecule has 0 aliphatic carbocycles. The van der Waals surface area contributed by atoms with Gasteiger partial charge in [0.1, 0.15) is 0 Å². The third-order valence-corrected chi connectivity index (χ3v) is 0. The molecule has 5 heavy (non-hydrogen) atoms. The van der Waals surface area contributed by atoms with Crippen LogP contribution in [0.5, 0.6) is 0 Å². The number of hydrogen-bond donors (Lipinski definition) is 0. The van der Waals surface area contributed by atoms with E-state index < -0.39 is 0 Å². The molecule has 0 aromatic heterocycles. The van der Waals surface area contributed by atoms with Crippen LogP contribution in [0.25, 0.3) is 0 Å². The van der Waals surface area contributed by atoms with Crippen molar-refractivity contribution in [3.8, 4) is 0 Å². The summed E-state index contributed by atoms with van der Waals surface area (Å²) >= 11 is 0. The van der Waals surface area contributed by atoms with Crippen LogP contribution in [0.4, 0.5) is 0 Å². The van der Waals surface area contributed by atoms with Gasteiger partial charge in [0.25, 0.3) is 0 Å². The van der Waals surface area contributed by atoms with Crippen molar-refractivity contribution in [1.82, 2.24) is 0 Å². The maximum absolute atomic E-state index is 4.31. The summed E-state index contributed by atoms with van der Waals surface area (Å²) in [6.07, 6.45) is 0. The van der Waals surface area contributed by atoms with Gasteiger partial charge >= 0.3 is 17.6 Å². The van der Waals surface area contributed by atoms with E-state index in [9.17, 15) is 0 Å². The van der Waals surface area contributed by atoms with Gasteiger partial charge in [-0.25, -0.2) is 0 Å². The Morgan fingerprint density at radius 2 is 1.20 bits per heavy atom. The zero-order valence-electron chi connectivity index (χ0n) is 2.53. The molecule has 1 nitrogen and oxygen atoms in total.